The first-order valence-electron chi connectivity index (χ1n) is 11.6. The molecule has 0 amide bonds. The van der Waals surface area contributed by atoms with Crippen LogP contribution in [0.3, 0.4) is 0 Å². The summed E-state index contributed by atoms with van der Waals surface area (Å²) in [7, 11) is -4.00. The highest BCUT2D eigenvalue weighted by atomic mass is 32.2. The van der Waals surface area contributed by atoms with E-state index in [0.29, 0.717) is 17.2 Å². The highest BCUT2D eigenvalue weighted by Crippen LogP contribution is 2.38. The SMILES string of the molecule is Cc1ccc(S(=O)(=O)N(CC(C)C)c2cc3ccccc3cc2OCc2ccc(C(=O)O)cc2C)o1. The summed E-state index contributed by atoms with van der Waals surface area (Å²) < 4.78 is 40.5. The standard InChI is InChI=1S/C28H29NO6S/c1-18(2)16-29(36(32,33)27-12-9-20(4)35-27)25-14-21-7-5-6-8-22(21)15-26(25)34-17-24-11-10-23(28(30)31)13-19(24)3/h5-15,18H,16-17H2,1-4H3,(H,30,31). The van der Waals surface area contributed by atoms with E-state index in [1.165, 1.54) is 16.4 Å². The summed E-state index contributed by atoms with van der Waals surface area (Å²) >= 11 is 0. The maximum atomic E-state index is 13.7. The van der Waals surface area contributed by atoms with Gasteiger partial charge in [0.2, 0.25) is 5.09 Å². The molecule has 0 radical (unpaired) electrons. The van der Waals surface area contributed by atoms with Crippen molar-refractivity contribution in [1.82, 2.24) is 0 Å². The van der Waals surface area contributed by atoms with E-state index in [-0.39, 0.29) is 29.7 Å². The number of benzene rings is 3. The molecule has 1 N–H and O–H groups in total. The van der Waals surface area contributed by atoms with Gasteiger partial charge in [0.25, 0.3) is 10.0 Å². The Hall–Kier alpha value is -3.78. The molecule has 0 aliphatic heterocycles. The molecule has 4 aromatic rings. The fourth-order valence-corrected chi connectivity index (χ4v) is 5.57. The Balaban J connectivity index is 1.80. The summed E-state index contributed by atoms with van der Waals surface area (Å²) in [5, 5.41) is 10.9. The highest BCUT2D eigenvalue weighted by Gasteiger charge is 2.31. The van der Waals surface area contributed by atoms with Gasteiger partial charge >= 0.3 is 5.97 Å². The van der Waals surface area contributed by atoms with Crippen LogP contribution in [-0.2, 0) is 16.6 Å². The minimum Gasteiger partial charge on any atom is -0.487 e. The van der Waals surface area contributed by atoms with Gasteiger partial charge in [-0.05, 0) is 78.1 Å². The first-order chi connectivity index (χ1) is 17.1. The first kappa shape index (κ1) is 25.3. The first-order valence-corrected chi connectivity index (χ1v) is 13.1. The van der Waals surface area contributed by atoms with Gasteiger partial charge in [0.1, 0.15) is 18.1 Å². The molecule has 1 heterocycles. The molecule has 188 valence electrons. The molecule has 3 aromatic carbocycles. The molecule has 4 rings (SSSR count). The predicted octanol–water partition coefficient (Wildman–Crippen LogP) is 6.18. The van der Waals surface area contributed by atoms with Crippen molar-refractivity contribution in [3.8, 4) is 5.75 Å². The zero-order valence-corrected chi connectivity index (χ0v) is 21.5. The summed E-state index contributed by atoms with van der Waals surface area (Å²) in [4.78, 5) is 11.3. The van der Waals surface area contributed by atoms with Crippen molar-refractivity contribution in [2.75, 3.05) is 10.8 Å². The number of nitrogens with zero attached hydrogens (tertiary/aromatic N) is 1. The summed E-state index contributed by atoms with van der Waals surface area (Å²) in [5.41, 5.74) is 2.19. The molecule has 0 bridgehead atoms. The lowest BCUT2D eigenvalue weighted by Gasteiger charge is -2.27. The second-order valence-corrected chi connectivity index (χ2v) is 11.0. The minimum atomic E-state index is -4.00. The summed E-state index contributed by atoms with van der Waals surface area (Å²) in [6.45, 7) is 7.79. The maximum absolute atomic E-state index is 13.7. The monoisotopic (exact) mass is 507 g/mol. The van der Waals surface area contributed by atoms with Crippen molar-refractivity contribution < 1.29 is 27.5 Å². The number of aromatic carboxylic acids is 1. The number of furan rings is 1. The number of hydrogen-bond donors (Lipinski definition) is 1. The van der Waals surface area contributed by atoms with Crippen LogP contribution in [0.5, 0.6) is 5.75 Å². The Bertz CT molecular complexity index is 1520. The van der Waals surface area contributed by atoms with E-state index in [1.807, 2.05) is 57.2 Å². The molecule has 0 unspecified atom stereocenters. The molecule has 36 heavy (non-hydrogen) atoms. The number of aryl methyl sites for hydroxylation is 2. The van der Waals surface area contributed by atoms with Crippen LogP contribution in [0.15, 0.2) is 76.2 Å². The molecule has 0 aliphatic rings. The van der Waals surface area contributed by atoms with Gasteiger partial charge in [-0.15, -0.1) is 0 Å². The predicted molar refractivity (Wildman–Crippen MR) is 139 cm³/mol. The van der Waals surface area contributed by atoms with Crippen molar-refractivity contribution in [2.24, 2.45) is 5.92 Å². The van der Waals surface area contributed by atoms with Crippen LogP contribution in [0.25, 0.3) is 10.8 Å². The Morgan fingerprint density at radius 2 is 1.69 bits per heavy atom. The smallest absolute Gasteiger partial charge is 0.335 e. The van der Waals surface area contributed by atoms with Gasteiger partial charge in [0.15, 0.2) is 0 Å². The van der Waals surface area contributed by atoms with Crippen LogP contribution < -0.4 is 9.04 Å². The summed E-state index contributed by atoms with van der Waals surface area (Å²) in [6.07, 6.45) is 0. The summed E-state index contributed by atoms with van der Waals surface area (Å²) in [5.74, 6) is -0.0534. The van der Waals surface area contributed by atoms with Crippen LogP contribution in [0.4, 0.5) is 5.69 Å². The van der Waals surface area contributed by atoms with Crippen molar-refractivity contribution in [2.45, 2.75) is 39.4 Å². The number of hydrogen-bond acceptors (Lipinski definition) is 5. The average molecular weight is 508 g/mol. The second-order valence-electron chi connectivity index (χ2n) is 9.20. The van der Waals surface area contributed by atoms with E-state index >= 15 is 0 Å². The van der Waals surface area contributed by atoms with Crippen molar-refractivity contribution in [3.05, 3.63) is 89.2 Å². The van der Waals surface area contributed by atoms with Gasteiger partial charge < -0.3 is 14.3 Å². The van der Waals surface area contributed by atoms with E-state index in [2.05, 4.69) is 0 Å². The third-order valence-electron chi connectivity index (χ3n) is 5.86. The largest absolute Gasteiger partial charge is 0.487 e. The van der Waals surface area contributed by atoms with Crippen molar-refractivity contribution in [1.29, 1.82) is 0 Å². The Morgan fingerprint density at radius 3 is 2.28 bits per heavy atom. The van der Waals surface area contributed by atoms with Crippen molar-refractivity contribution in [3.63, 3.8) is 0 Å². The molecule has 0 saturated carbocycles. The summed E-state index contributed by atoms with van der Waals surface area (Å²) in [6, 6.07) is 19.3. The molecule has 8 heteroatoms. The molecule has 0 spiro atoms. The van der Waals surface area contributed by atoms with Crippen LogP contribution in [0, 0.1) is 19.8 Å². The van der Waals surface area contributed by atoms with Gasteiger partial charge in [-0.3, -0.25) is 4.31 Å². The van der Waals surface area contributed by atoms with E-state index in [9.17, 15) is 18.3 Å². The zero-order valence-electron chi connectivity index (χ0n) is 20.7. The van der Waals surface area contributed by atoms with Gasteiger partial charge in [0, 0.05) is 6.54 Å². The van der Waals surface area contributed by atoms with Crippen LogP contribution in [-0.4, -0.2) is 26.0 Å². The van der Waals surface area contributed by atoms with E-state index in [4.69, 9.17) is 9.15 Å². The number of carboxylic acids is 1. The molecule has 0 atom stereocenters. The zero-order chi connectivity index (χ0) is 26.0. The van der Waals surface area contributed by atoms with Crippen LogP contribution >= 0.6 is 0 Å². The van der Waals surface area contributed by atoms with E-state index in [1.54, 1.807) is 25.1 Å². The topological polar surface area (TPSA) is 97.0 Å². The van der Waals surface area contributed by atoms with Gasteiger partial charge in [-0.1, -0.05) is 44.2 Å². The molecule has 0 saturated heterocycles. The third-order valence-corrected chi connectivity index (χ3v) is 7.51. The molecule has 0 aliphatic carbocycles. The Kier molecular flexibility index (Phi) is 7.08. The molecule has 1 aromatic heterocycles. The fourth-order valence-electron chi connectivity index (χ4n) is 3.98. The lowest BCUT2D eigenvalue weighted by atomic mass is 10.1. The number of sulfonamides is 1. The third kappa shape index (κ3) is 5.23. The van der Waals surface area contributed by atoms with Crippen molar-refractivity contribution >= 4 is 32.5 Å². The minimum absolute atomic E-state index is 0.0287. The van der Waals surface area contributed by atoms with E-state index < -0.39 is 16.0 Å². The quantitative estimate of drug-likeness (QED) is 0.291. The second kappa shape index (κ2) is 10.1. The number of anilines is 1. The van der Waals surface area contributed by atoms with Crippen LogP contribution in [0.1, 0.15) is 41.1 Å². The Morgan fingerprint density at radius 1 is 1.00 bits per heavy atom. The van der Waals surface area contributed by atoms with Crippen LogP contribution in [0.2, 0.25) is 0 Å². The molecule has 0 fully saturated rings. The number of rotatable bonds is 9. The number of ether oxygens (including phenoxy) is 1. The highest BCUT2D eigenvalue weighted by molar-refractivity contribution is 7.92. The lowest BCUT2D eigenvalue weighted by Crippen LogP contribution is -2.34. The van der Waals surface area contributed by atoms with Gasteiger partial charge in [0.05, 0.1) is 11.3 Å². The molecular formula is C28H29NO6S. The van der Waals surface area contributed by atoms with Gasteiger partial charge in [-0.2, -0.15) is 8.42 Å². The van der Waals surface area contributed by atoms with E-state index in [0.717, 1.165) is 21.9 Å². The fraction of sp³-hybridized carbons (Fsp3) is 0.250. The molecular weight excluding hydrogens is 478 g/mol. The average Bonchev–Trinajstić information content (AvgIpc) is 3.28. The van der Waals surface area contributed by atoms with Gasteiger partial charge in [-0.25, -0.2) is 4.79 Å². The Labute approximate surface area is 211 Å². The maximum Gasteiger partial charge on any atom is 0.335 e. The normalized spacial score (nSPS) is 11.7. The number of carbonyl (C=O) groups is 1. The number of fused-ring (bicyclic) bond motifs is 1. The molecule has 7 nitrogen and oxygen atoms in total. The number of carboxylic acid groups (broad SMARTS) is 1. The lowest BCUT2D eigenvalue weighted by molar-refractivity contribution is 0.0696.